The highest BCUT2D eigenvalue weighted by molar-refractivity contribution is 7.92. The van der Waals surface area contributed by atoms with Gasteiger partial charge in [0.15, 0.2) is 0 Å². The summed E-state index contributed by atoms with van der Waals surface area (Å²) in [6.45, 7) is -0.252. The molecule has 0 aliphatic rings. The summed E-state index contributed by atoms with van der Waals surface area (Å²) in [5.74, 6) is 0. The predicted octanol–water partition coefficient (Wildman–Crippen LogP) is 0.849. The van der Waals surface area contributed by atoms with E-state index in [1.165, 1.54) is 0 Å². The molecule has 0 aliphatic carbocycles. The van der Waals surface area contributed by atoms with Crippen molar-refractivity contribution in [3.05, 3.63) is 28.3 Å². The highest BCUT2D eigenvalue weighted by atomic mass is 32.2. The van der Waals surface area contributed by atoms with E-state index in [4.69, 9.17) is 0 Å². The molecule has 1 rings (SSSR count). The molecule has 0 amide bonds. The Hall–Kier alpha value is -1.93. The number of anilines is 1. The van der Waals surface area contributed by atoms with Gasteiger partial charge in [0.05, 0.1) is 16.1 Å². The highest BCUT2D eigenvalue weighted by Crippen LogP contribution is 2.34. The van der Waals surface area contributed by atoms with Gasteiger partial charge in [0.25, 0.3) is 15.5 Å². The molecule has 24 heavy (non-hydrogen) atoms. The maximum absolute atomic E-state index is 12.5. The molecule has 0 saturated carbocycles. The van der Waals surface area contributed by atoms with E-state index in [2.05, 4.69) is 10.0 Å². The number of benzene rings is 1. The van der Waals surface area contributed by atoms with Crippen molar-refractivity contribution in [2.75, 3.05) is 24.7 Å². The van der Waals surface area contributed by atoms with Gasteiger partial charge >= 0.3 is 5.51 Å². The van der Waals surface area contributed by atoms with Gasteiger partial charge in [-0.3, -0.25) is 10.1 Å². The molecule has 0 aliphatic heterocycles. The Kier molecular flexibility index (Phi) is 5.78. The Balaban J connectivity index is 3.07. The molecular formula is C10H12F3N3O6S2. The first kappa shape index (κ1) is 20.1. The highest BCUT2D eigenvalue weighted by Gasteiger charge is 2.47. The fourth-order valence-electron chi connectivity index (χ4n) is 1.55. The number of alkyl halides is 3. The lowest BCUT2D eigenvalue weighted by atomic mass is 10.2. The Morgan fingerprint density at radius 3 is 2.21 bits per heavy atom. The Bertz CT molecular complexity index is 836. The third-order valence-corrected chi connectivity index (χ3v) is 4.80. The van der Waals surface area contributed by atoms with Crippen LogP contribution in [-0.4, -0.2) is 46.6 Å². The lowest BCUT2D eigenvalue weighted by Crippen LogP contribution is -2.27. The van der Waals surface area contributed by atoms with Crippen LogP contribution in [0.5, 0.6) is 0 Å². The SMILES string of the molecule is CS(=O)(=O)NCCNc1ccc(S(=O)(=O)C(F)(F)F)cc1[N+](=O)[O-]. The van der Waals surface area contributed by atoms with Gasteiger partial charge in [-0.25, -0.2) is 21.6 Å². The zero-order valence-electron chi connectivity index (χ0n) is 12.0. The number of sulfone groups is 1. The van der Waals surface area contributed by atoms with E-state index in [-0.39, 0.29) is 24.8 Å². The minimum absolute atomic E-state index is 0.112. The van der Waals surface area contributed by atoms with Gasteiger partial charge in [-0.1, -0.05) is 0 Å². The zero-order valence-corrected chi connectivity index (χ0v) is 13.6. The van der Waals surface area contributed by atoms with Crippen LogP contribution in [-0.2, 0) is 19.9 Å². The molecule has 9 nitrogen and oxygen atoms in total. The quantitative estimate of drug-likeness (QED) is 0.399. The first-order valence-electron chi connectivity index (χ1n) is 6.04. The van der Waals surface area contributed by atoms with Gasteiger partial charge in [-0.2, -0.15) is 13.2 Å². The van der Waals surface area contributed by atoms with Crippen molar-refractivity contribution in [3.8, 4) is 0 Å². The van der Waals surface area contributed by atoms with Crippen molar-refractivity contribution in [2.24, 2.45) is 0 Å². The summed E-state index contributed by atoms with van der Waals surface area (Å²) in [4.78, 5) is 8.60. The van der Waals surface area contributed by atoms with Crippen molar-refractivity contribution in [2.45, 2.75) is 10.4 Å². The summed E-state index contributed by atoms with van der Waals surface area (Å²) in [5, 5.41) is 13.4. The molecule has 0 bridgehead atoms. The smallest absolute Gasteiger partial charge is 0.378 e. The lowest BCUT2D eigenvalue weighted by Gasteiger charge is -2.11. The number of rotatable bonds is 7. The van der Waals surface area contributed by atoms with Crippen LogP contribution < -0.4 is 10.0 Å². The molecule has 0 aromatic heterocycles. The fraction of sp³-hybridized carbons (Fsp3) is 0.400. The number of sulfonamides is 1. The maximum atomic E-state index is 12.5. The monoisotopic (exact) mass is 391 g/mol. The zero-order chi connectivity index (χ0) is 18.8. The molecule has 0 radical (unpaired) electrons. The van der Waals surface area contributed by atoms with Gasteiger partial charge < -0.3 is 5.32 Å². The normalized spacial score (nSPS) is 12.8. The van der Waals surface area contributed by atoms with Crippen LogP contribution in [0.1, 0.15) is 0 Å². The van der Waals surface area contributed by atoms with Crippen LogP contribution in [0.25, 0.3) is 0 Å². The summed E-state index contributed by atoms with van der Waals surface area (Å²) in [7, 11) is -9.19. The first-order chi connectivity index (χ1) is 10.8. The van der Waals surface area contributed by atoms with Crippen LogP contribution in [0.4, 0.5) is 24.5 Å². The standard InChI is InChI=1S/C10H12F3N3O6S2/c1-23(19,20)15-5-4-14-8-3-2-7(6-9(8)16(17)18)24(21,22)10(11,12)13/h2-3,6,14-15H,4-5H2,1H3. The molecule has 0 unspecified atom stereocenters. The topological polar surface area (TPSA) is 135 Å². The van der Waals surface area contributed by atoms with E-state index < -0.39 is 40.9 Å². The molecule has 0 fully saturated rings. The molecular weight excluding hydrogens is 379 g/mol. The van der Waals surface area contributed by atoms with Crippen molar-refractivity contribution in [3.63, 3.8) is 0 Å². The lowest BCUT2D eigenvalue weighted by molar-refractivity contribution is -0.384. The molecule has 0 atom stereocenters. The third-order valence-electron chi connectivity index (χ3n) is 2.59. The Morgan fingerprint density at radius 2 is 1.75 bits per heavy atom. The van der Waals surface area contributed by atoms with E-state index in [0.717, 1.165) is 12.3 Å². The number of hydrogen-bond donors (Lipinski definition) is 2. The van der Waals surface area contributed by atoms with E-state index in [1.54, 1.807) is 0 Å². The summed E-state index contributed by atoms with van der Waals surface area (Å²) in [6, 6.07) is 1.66. The summed E-state index contributed by atoms with van der Waals surface area (Å²) < 4.78 is 83.7. The van der Waals surface area contributed by atoms with Crippen molar-refractivity contribution in [1.82, 2.24) is 4.72 Å². The molecule has 0 heterocycles. The predicted molar refractivity (Wildman–Crippen MR) is 77.7 cm³/mol. The number of nitrogens with zero attached hydrogens (tertiary/aromatic N) is 1. The second-order valence-electron chi connectivity index (χ2n) is 4.48. The van der Waals surface area contributed by atoms with E-state index in [1.807, 2.05) is 0 Å². The molecule has 1 aromatic carbocycles. The van der Waals surface area contributed by atoms with Crippen LogP contribution in [0.2, 0.25) is 0 Å². The van der Waals surface area contributed by atoms with Crippen LogP contribution in [0.3, 0.4) is 0 Å². The average Bonchev–Trinajstić information content (AvgIpc) is 2.41. The minimum Gasteiger partial charge on any atom is -0.378 e. The van der Waals surface area contributed by atoms with E-state index >= 15 is 0 Å². The van der Waals surface area contributed by atoms with Crippen molar-refractivity contribution in [1.29, 1.82) is 0 Å². The maximum Gasteiger partial charge on any atom is 0.501 e. The number of nitrogens with one attached hydrogen (secondary N) is 2. The Morgan fingerprint density at radius 1 is 1.17 bits per heavy atom. The van der Waals surface area contributed by atoms with Gasteiger partial charge in [0, 0.05) is 19.2 Å². The molecule has 0 spiro atoms. The number of hydrogen-bond acceptors (Lipinski definition) is 7. The molecule has 1 aromatic rings. The second-order valence-corrected chi connectivity index (χ2v) is 8.25. The third kappa shape index (κ3) is 5.04. The van der Waals surface area contributed by atoms with E-state index in [0.29, 0.717) is 6.07 Å². The molecule has 0 saturated heterocycles. The largest absolute Gasteiger partial charge is 0.501 e. The van der Waals surface area contributed by atoms with Crippen molar-refractivity contribution < 1.29 is 34.9 Å². The average molecular weight is 391 g/mol. The Labute approximate surface area is 135 Å². The van der Waals surface area contributed by atoms with Gasteiger partial charge in [-0.15, -0.1) is 0 Å². The summed E-state index contributed by atoms with van der Waals surface area (Å²) in [5.41, 5.74) is -6.73. The summed E-state index contributed by atoms with van der Waals surface area (Å²) >= 11 is 0. The van der Waals surface area contributed by atoms with Gasteiger partial charge in [0.1, 0.15) is 5.69 Å². The van der Waals surface area contributed by atoms with E-state index in [9.17, 15) is 40.1 Å². The number of nitro groups is 1. The molecule has 14 heteroatoms. The first-order valence-corrected chi connectivity index (χ1v) is 9.41. The van der Waals surface area contributed by atoms with Crippen LogP contribution in [0, 0.1) is 10.1 Å². The number of halogens is 3. The van der Waals surface area contributed by atoms with Crippen molar-refractivity contribution >= 4 is 31.2 Å². The molecule has 2 N–H and O–H groups in total. The fourth-order valence-corrected chi connectivity index (χ4v) is 2.80. The second kappa shape index (κ2) is 6.90. The van der Waals surface area contributed by atoms with Crippen LogP contribution in [0.15, 0.2) is 23.1 Å². The van der Waals surface area contributed by atoms with Crippen LogP contribution >= 0.6 is 0 Å². The molecule has 136 valence electrons. The van der Waals surface area contributed by atoms with Gasteiger partial charge in [-0.05, 0) is 12.1 Å². The summed E-state index contributed by atoms with van der Waals surface area (Å²) in [6.07, 6.45) is 0.895. The van der Waals surface area contributed by atoms with Gasteiger partial charge in [0.2, 0.25) is 10.0 Å². The number of nitro benzene ring substituents is 1. The minimum atomic E-state index is -5.72.